The quantitative estimate of drug-likeness (QED) is 0.396. The third-order valence-corrected chi connectivity index (χ3v) is 2.18. The van der Waals surface area contributed by atoms with Crippen LogP contribution in [0.2, 0.25) is 0 Å². The molecule has 0 aliphatic carbocycles. The van der Waals surface area contributed by atoms with E-state index in [1.54, 1.807) is 11.3 Å². The average Bonchev–Trinajstić information content (AvgIpc) is 2.37. The van der Waals surface area contributed by atoms with Gasteiger partial charge < -0.3 is 5.21 Å². The van der Waals surface area contributed by atoms with Crippen LogP contribution in [0.25, 0.3) is 0 Å². The second-order valence-electron chi connectivity index (χ2n) is 1.96. The van der Waals surface area contributed by atoms with Gasteiger partial charge in [0.2, 0.25) is 0 Å². The van der Waals surface area contributed by atoms with Gasteiger partial charge in [0.05, 0.1) is 6.21 Å². The van der Waals surface area contributed by atoms with Crippen molar-refractivity contribution in [1.82, 2.24) is 0 Å². The first kappa shape index (κ1) is 7.28. The van der Waals surface area contributed by atoms with Gasteiger partial charge in [0.25, 0.3) is 0 Å². The monoisotopic (exact) mass is 155 g/mol. The van der Waals surface area contributed by atoms with Crippen molar-refractivity contribution in [1.29, 1.82) is 0 Å². The smallest absolute Gasteiger partial charge is 0.0833 e. The van der Waals surface area contributed by atoms with E-state index in [4.69, 9.17) is 5.21 Å². The minimum atomic E-state index is 0.999. The Balaban J connectivity index is 2.78. The summed E-state index contributed by atoms with van der Waals surface area (Å²) in [5.41, 5.74) is 1.29. The highest BCUT2D eigenvalue weighted by Crippen LogP contribution is 2.12. The van der Waals surface area contributed by atoms with Crippen molar-refractivity contribution in [3.8, 4) is 0 Å². The minimum absolute atomic E-state index is 0.999. The van der Waals surface area contributed by atoms with E-state index in [2.05, 4.69) is 17.5 Å². The van der Waals surface area contributed by atoms with Gasteiger partial charge >= 0.3 is 0 Å². The van der Waals surface area contributed by atoms with E-state index in [1.165, 1.54) is 11.8 Å². The number of hydrogen-bond donors (Lipinski definition) is 1. The van der Waals surface area contributed by atoms with Crippen molar-refractivity contribution >= 4 is 17.6 Å². The molecule has 10 heavy (non-hydrogen) atoms. The lowest BCUT2D eigenvalue weighted by Gasteiger charge is -1.81. The van der Waals surface area contributed by atoms with E-state index < -0.39 is 0 Å². The van der Waals surface area contributed by atoms with Gasteiger partial charge in [-0.2, -0.15) is 0 Å². The number of aryl methyl sites for hydroxylation is 1. The lowest BCUT2D eigenvalue weighted by atomic mass is 10.2. The van der Waals surface area contributed by atoms with Crippen LogP contribution in [-0.4, -0.2) is 11.4 Å². The largest absolute Gasteiger partial charge is 0.411 e. The molecule has 0 aromatic carbocycles. The van der Waals surface area contributed by atoms with Crippen LogP contribution in [-0.2, 0) is 6.42 Å². The van der Waals surface area contributed by atoms with Gasteiger partial charge in [0, 0.05) is 4.88 Å². The zero-order valence-corrected chi connectivity index (χ0v) is 6.56. The van der Waals surface area contributed by atoms with Crippen LogP contribution in [0.3, 0.4) is 0 Å². The number of thiophene rings is 1. The second-order valence-corrected chi connectivity index (χ2v) is 2.90. The van der Waals surface area contributed by atoms with E-state index in [0.717, 1.165) is 11.3 Å². The standard InChI is InChI=1S/C7H9NOS/c1-2-6-3-7(4-8-9)10-5-6/h3-5,9H,2H2,1H3/b8-4+. The Labute approximate surface area is 63.8 Å². The van der Waals surface area contributed by atoms with Crippen LogP contribution in [0.15, 0.2) is 16.6 Å². The third-order valence-electron chi connectivity index (χ3n) is 1.27. The molecule has 1 heterocycles. The molecule has 3 heteroatoms. The summed E-state index contributed by atoms with van der Waals surface area (Å²) in [4.78, 5) is 0.999. The molecule has 1 aromatic heterocycles. The molecule has 0 amide bonds. The van der Waals surface area contributed by atoms with Crippen LogP contribution in [0.4, 0.5) is 0 Å². The maximum absolute atomic E-state index is 8.18. The summed E-state index contributed by atoms with van der Waals surface area (Å²) in [6.07, 6.45) is 2.49. The summed E-state index contributed by atoms with van der Waals surface area (Å²) in [5, 5.41) is 13.2. The van der Waals surface area contributed by atoms with Gasteiger partial charge in [0.1, 0.15) is 0 Å². The normalized spacial score (nSPS) is 10.9. The molecule has 1 N–H and O–H groups in total. The van der Waals surface area contributed by atoms with Gasteiger partial charge in [-0.15, -0.1) is 11.3 Å². The first-order valence-corrected chi connectivity index (χ1v) is 3.99. The summed E-state index contributed by atoms with van der Waals surface area (Å²) in [6, 6.07) is 2.02. The Morgan fingerprint density at radius 2 is 2.60 bits per heavy atom. The molecule has 0 fully saturated rings. The first-order chi connectivity index (χ1) is 4.86. The molecule has 0 saturated heterocycles. The summed E-state index contributed by atoms with van der Waals surface area (Å²) in [5.74, 6) is 0. The minimum Gasteiger partial charge on any atom is -0.411 e. The molecule has 54 valence electrons. The SMILES string of the molecule is CCc1csc(/C=N/O)c1. The van der Waals surface area contributed by atoms with Crippen molar-refractivity contribution in [3.05, 3.63) is 21.9 Å². The van der Waals surface area contributed by atoms with Crippen molar-refractivity contribution in [2.24, 2.45) is 5.16 Å². The topological polar surface area (TPSA) is 32.6 Å². The summed E-state index contributed by atoms with van der Waals surface area (Å²) in [7, 11) is 0. The van der Waals surface area contributed by atoms with Gasteiger partial charge in [-0.25, -0.2) is 0 Å². The van der Waals surface area contributed by atoms with Crippen LogP contribution >= 0.6 is 11.3 Å². The van der Waals surface area contributed by atoms with Crippen molar-refractivity contribution in [2.75, 3.05) is 0 Å². The average molecular weight is 155 g/mol. The molecule has 0 unspecified atom stereocenters. The fourth-order valence-corrected chi connectivity index (χ4v) is 1.55. The molecule has 1 rings (SSSR count). The molecule has 0 radical (unpaired) electrons. The Bertz CT molecular complexity index is 229. The van der Waals surface area contributed by atoms with E-state index in [0.29, 0.717) is 0 Å². The van der Waals surface area contributed by atoms with E-state index in [-0.39, 0.29) is 0 Å². The highest BCUT2D eigenvalue weighted by atomic mass is 32.1. The van der Waals surface area contributed by atoms with Gasteiger partial charge in [-0.05, 0) is 23.4 Å². The number of nitrogens with zero attached hydrogens (tertiary/aromatic N) is 1. The van der Waals surface area contributed by atoms with Gasteiger partial charge in [-0.1, -0.05) is 12.1 Å². The molecule has 0 atom stereocenters. The highest BCUT2D eigenvalue weighted by molar-refractivity contribution is 7.11. The van der Waals surface area contributed by atoms with Crippen LogP contribution in [0, 0.1) is 0 Å². The number of hydrogen-bond acceptors (Lipinski definition) is 3. The Morgan fingerprint density at radius 3 is 3.10 bits per heavy atom. The van der Waals surface area contributed by atoms with Crippen molar-refractivity contribution in [3.63, 3.8) is 0 Å². The second kappa shape index (κ2) is 3.37. The van der Waals surface area contributed by atoms with Crippen LogP contribution in [0.5, 0.6) is 0 Å². The summed E-state index contributed by atoms with van der Waals surface area (Å²) >= 11 is 1.59. The molecule has 0 aliphatic rings. The maximum Gasteiger partial charge on any atom is 0.0833 e. The summed E-state index contributed by atoms with van der Waals surface area (Å²) in [6.45, 7) is 2.10. The number of rotatable bonds is 2. The molecule has 2 nitrogen and oxygen atoms in total. The molecule has 0 spiro atoms. The Morgan fingerprint density at radius 1 is 1.80 bits per heavy atom. The Kier molecular flexibility index (Phi) is 2.45. The summed E-state index contributed by atoms with van der Waals surface area (Å²) < 4.78 is 0. The zero-order valence-electron chi connectivity index (χ0n) is 5.74. The van der Waals surface area contributed by atoms with Crippen LogP contribution < -0.4 is 0 Å². The van der Waals surface area contributed by atoms with Crippen molar-refractivity contribution < 1.29 is 5.21 Å². The van der Waals surface area contributed by atoms with Gasteiger partial charge in [-0.3, -0.25) is 0 Å². The predicted molar refractivity (Wildman–Crippen MR) is 43.1 cm³/mol. The van der Waals surface area contributed by atoms with Crippen LogP contribution in [0.1, 0.15) is 17.4 Å². The highest BCUT2D eigenvalue weighted by Gasteiger charge is 1.93. The van der Waals surface area contributed by atoms with Gasteiger partial charge in [0.15, 0.2) is 0 Å². The molecular weight excluding hydrogens is 146 g/mol. The molecule has 0 saturated carbocycles. The first-order valence-electron chi connectivity index (χ1n) is 3.11. The fraction of sp³-hybridized carbons (Fsp3) is 0.286. The third kappa shape index (κ3) is 1.57. The Hall–Kier alpha value is -0.830. The fourth-order valence-electron chi connectivity index (χ4n) is 0.704. The van der Waals surface area contributed by atoms with E-state index >= 15 is 0 Å². The molecule has 0 aliphatic heterocycles. The number of oxime groups is 1. The molecule has 1 aromatic rings. The lowest BCUT2D eigenvalue weighted by molar-refractivity contribution is 0.322. The van der Waals surface area contributed by atoms with E-state index in [9.17, 15) is 0 Å². The zero-order chi connectivity index (χ0) is 7.40. The van der Waals surface area contributed by atoms with Crippen molar-refractivity contribution in [2.45, 2.75) is 13.3 Å². The molecular formula is C7H9NOS. The lowest BCUT2D eigenvalue weighted by Crippen LogP contribution is -1.72. The maximum atomic E-state index is 8.18. The van der Waals surface area contributed by atoms with E-state index in [1.807, 2.05) is 6.07 Å². The molecule has 0 bridgehead atoms. The predicted octanol–water partition coefficient (Wildman–Crippen LogP) is 2.12.